The average molecular weight is 238 g/mol. The molecular weight excluding hydrogens is 220 g/mol. The fraction of sp³-hybridized carbons (Fsp3) is 0.545. The second-order valence-corrected chi connectivity index (χ2v) is 3.77. The highest BCUT2D eigenvalue weighted by Gasteiger charge is 2.12. The maximum absolute atomic E-state index is 10.8. The van der Waals surface area contributed by atoms with Crippen LogP contribution in [0.15, 0.2) is 12.1 Å². The average Bonchev–Trinajstić information content (AvgIpc) is 2.34. The molecule has 0 aromatic carbocycles. The lowest BCUT2D eigenvalue weighted by Crippen LogP contribution is -2.18. The molecule has 17 heavy (non-hydrogen) atoms. The van der Waals surface area contributed by atoms with Gasteiger partial charge in [0.1, 0.15) is 11.6 Å². The number of rotatable bonds is 6. The molecule has 1 N–H and O–H groups in total. The number of nitro groups is 1. The zero-order valence-corrected chi connectivity index (χ0v) is 10.4. The van der Waals surface area contributed by atoms with Gasteiger partial charge in [-0.15, -0.1) is 0 Å². The van der Waals surface area contributed by atoms with Crippen LogP contribution in [-0.2, 0) is 0 Å². The van der Waals surface area contributed by atoms with Gasteiger partial charge in [-0.3, -0.25) is 10.1 Å². The van der Waals surface area contributed by atoms with Gasteiger partial charge in [-0.05, 0) is 13.3 Å². The molecule has 94 valence electrons. The first-order valence-corrected chi connectivity index (χ1v) is 5.70. The molecule has 0 unspecified atom stereocenters. The zero-order valence-electron chi connectivity index (χ0n) is 10.4. The van der Waals surface area contributed by atoms with Crippen molar-refractivity contribution in [2.24, 2.45) is 0 Å². The number of nitrogens with zero attached hydrogens (tertiary/aromatic N) is 3. The summed E-state index contributed by atoms with van der Waals surface area (Å²) in [7, 11) is 1.86. The molecule has 0 fully saturated rings. The summed E-state index contributed by atoms with van der Waals surface area (Å²) in [6, 6.07) is 2.95. The highest BCUT2D eigenvalue weighted by atomic mass is 16.6. The Labute approximate surface area is 101 Å². The van der Waals surface area contributed by atoms with Crippen LogP contribution in [0.25, 0.3) is 0 Å². The third kappa shape index (κ3) is 3.58. The number of pyridine rings is 1. The first-order chi connectivity index (χ1) is 8.08. The molecular formula is C11H18N4O2. The van der Waals surface area contributed by atoms with E-state index in [-0.39, 0.29) is 5.69 Å². The second-order valence-electron chi connectivity index (χ2n) is 3.77. The van der Waals surface area contributed by atoms with Crippen LogP contribution in [0.5, 0.6) is 0 Å². The van der Waals surface area contributed by atoms with Gasteiger partial charge >= 0.3 is 0 Å². The Hall–Kier alpha value is -1.85. The topological polar surface area (TPSA) is 71.3 Å². The van der Waals surface area contributed by atoms with Gasteiger partial charge in [0.15, 0.2) is 0 Å². The van der Waals surface area contributed by atoms with Crippen molar-refractivity contribution < 1.29 is 4.92 Å². The lowest BCUT2D eigenvalue weighted by Gasteiger charge is -2.16. The number of aromatic nitrogens is 1. The molecule has 0 amide bonds. The standard InChI is InChI=1S/C11H18N4O2/c1-4-6-12-10-7-9(15(16)17)8-11(13-10)14(3)5-2/h7-8H,4-6H2,1-3H3,(H,12,13). The minimum absolute atomic E-state index is 0.0638. The van der Waals surface area contributed by atoms with Gasteiger partial charge in [-0.25, -0.2) is 4.98 Å². The van der Waals surface area contributed by atoms with E-state index in [1.165, 1.54) is 12.1 Å². The largest absolute Gasteiger partial charge is 0.370 e. The summed E-state index contributed by atoms with van der Waals surface area (Å²) in [4.78, 5) is 16.6. The van der Waals surface area contributed by atoms with Crippen molar-refractivity contribution in [1.82, 2.24) is 4.98 Å². The van der Waals surface area contributed by atoms with Crippen LogP contribution in [0.2, 0.25) is 0 Å². The predicted molar refractivity (Wildman–Crippen MR) is 68.6 cm³/mol. The van der Waals surface area contributed by atoms with Crippen molar-refractivity contribution >= 4 is 17.3 Å². The fourth-order valence-electron chi connectivity index (χ4n) is 1.31. The van der Waals surface area contributed by atoms with Crippen LogP contribution in [0.3, 0.4) is 0 Å². The lowest BCUT2D eigenvalue weighted by molar-refractivity contribution is -0.384. The first-order valence-electron chi connectivity index (χ1n) is 5.70. The number of hydrogen-bond acceptors (Lipinski definition) is 5. The summed E-state index contributed by atoms with van der Waals surface area (Å²) in [6.45, 7) is 5.51. The Bertz CT molecular complexity index is 395. The predicted octanol–water partition coefficient (Wildman–Crippen LogP) is 2.27. The normalized spacial score (nSPS) is 10.1. The second kappa shape index (κ2) is 6.03. The van der Waals surface area contributed by atoms with Crippen molar-refractivity contribution in [1.29, 1.82) is 0 Å². The minimum atomic E-state index is -0.397. The highest BCUT2D eigenvalue weighted by Crippen LogP contribution is 2.22. The van der Waals surface area contributed by atoms with Crippen molar-refractivity contribution in [3.05, 3.63) is 22.2 Å². The van der Waals surface area contributed by atoms with Gasteiger partial charge in [-0.2, -0.15) is 0 Å². The van der Waals surface area contributed by atoms with Crippen molar-refractivity contribution in [3.63, 3.8) is 0 Å². The van der Waals surface area contributed by atoms with Gasteiger partial charge in [0.2, 0.25) is 0 Å². The summed E-state index contributed by atoms with van der Waals surface area (Å²) in [6.07, 6.45) is 0.948. The SMILES string of the molecule is CCCNc1cc([N+](=O)[O-])cc(N(C)CC)n1. The van der Waals surface area contributed by atoms with E-state index in [4.69, 9.17) is 0 Å². The van der Waals surface area contributed by atoms with E-state index in [0.717, 1.165) is 19.5 Å². The van der Waals surface area contributed by atoms with E-state index < -0.39 is 4.92 Å². The molecule has 0 spiro atoms. The van der Waals surface area contributed by atoms with Crippen molar-refractivity contribution in [2.45, 2.75) is 20.3 Å². The minimum Gasteiger partial charge on any atom is -0.370 e. The summed E-state index contributed by atoms with van der Waals surface area (Å²) in [5.74, 6) is 1.16. The van der Waals surface area contributed by atoms with Crippen molar-refractivity contribution in [3.8, 4) is 0 Å². The molecule has 0 aliphatic carbocycles. The summed E-state index contributed by atoms with van der Waals surface area (Å²) in [5, 5.41) is 13.9. The molecule has 6 heteroatoms. The third-order valence-corrected chi connectivity index (χ3v) is 2.43. The summed E-state index contributed by atoms with van der Waals surface area (Å²) in [5.41, 5.74) is 0.0638. The zero-order chi connectivity index (χ0) is 12.8. The van der Waals surface area contributed by atoms with E-state index in [9.17, 15) is 10.1 Å². The van der Waals surface area contributed by atoms with Gasteiger partial charge in [0.05, 0.1) is 17.1 Å². The Morgan fingerprint density at radius 3 is 2.71 bits per heavy atom. The molecule has 0 radical (unpaired) electrons. The van der Waals surface area contributed by atoms with Crippen LogP contribution in [0, 0.1) is 10.1 Å². The summed E-state index contributed by atoms with van der Waals surface area (Å²) >= 11 is 0. The van der Waals surface area contributed by atoms with Crippen LogP contribution in [0.4, 0.5) is 17.3 Å². The van der Waals surface area contributed by atoms with E-state index >= 15 is 0 Å². The van der Waals surface area contributed by atoms with Gasteiger partial charge < -0.3 is 10.2 Å². The van der Waals surface area contributed by atoms with Crippen LogP contribution >= 0.6 is 0 Å². The molecule has 6 nitrogen and oxygen atoms in total. The van der Waals surface area contributed by atoms with Crippen molar-refractivity contribution in [2.75, 3.05) is 30.4 Å². The quantitative estimate of drug-likeness (QED) is 0.608. The highest BCUT2D eigenvalue weighted by molar-refractivity contribution is 5.55. The Morgan fingerprint density at radius 2 is 2.18 bits per heavy atom. The molecule has 1 aromatic heterocycles. The van der Waals surface area contributed by atoms with Crippen LogP contribution < -0.4 is 10.2 Å². The monoisotopic (exact) mass is 238 g/mol. The van der Waals surface area contributed by atoms with E-state index in [1.807, 2.05) is 25.8 Å². The first kappa shape index (κ1) is 13.2. The lowest BCUT2D eigenvalue weighted by atomic mass is 10.3. The van der Waals surface area contributed by atoms with Gasteiger partial charge in [0.25, 0.3) is 5.69 Å². The van der Waals surface area contributed by atoms with Crippen LogP contribution in [0.1, 0.15) is 20.3 Å². The van der Waals surface area contributed by atoms with Crippen LogP contribution in [-0.4, -0.2) is 30.0 Å². The van der Waals surface area contributed by atoms with Gasteiger partial charge in [-0.1, -0.05) is 6.92 Å². The Morgan fingerprint density at radius 1 is 1.47 bits per heavy atom. The molecule has 1 aromatic rings. The maximum Gasteiger partial charge on any atom is 0.276 e. The number of nitrogens with one attached hydrogen (secondary N) is 1. The molecule has 0 saturated carbocycles. The maximum atomic E-state index is 10.8. The Balaban J connectivity index is 3.05. The molecule has 0 saturated heterocycles. The molecule has 1 rings (SSSR count). The molecule has 0 bridgehead atoms. The third-order valence-electron chi connectivity index (χ3n) is 2.43. The molecule has 0 atom stereocenters. The van der Waals surface area contributed by atoms with E-state index in [0.29, 0.717) is 11.6 Å². The number of hydrogen-bond donors (Lipinski definition) is 1. The smallest absolute Gasteiger partial charge is 0.276 e. The number of anilines is 2. The molecule has 1 heterocycles. The molecule has 0 aliphatic heterocycles. The molecule has 0 aliphatic rings. The summed E-state index contributed by atoms with van der Waals surface area (Å²) < 4.78 is 0. The van der Waals surface area contributed by atoms with E-state index in [1.54, 1.807) is 0 Å². The van der Waals surface area contributed by atoms with E-state index in [2.05, 4.69) is 10.3 Å². The Kier molecular flexibility index (Phi) is 4.68. The fourth-order valence-corrected chi connectivity index (χ4v) is 1.31. The van der Waals surface area contributed by atoms with Gasteiger partial charge in [0, 0.05) is 20.1 Å².